The summed E-state index contributed by atoms with van der Waals surface area (Å²) in [6, 6.07) is 15.4. The Morgan fingerprint density at radius 3 is 2.76 bits per heavy atom. The van der Waals surface area contributed by atoms with Crippen molar-refractivity contribution in [1.82, 2.24) is 15.6 Å². The molecule has 0 saturated heterocycles. The number of hydrogen-bond donors (Lipinski definition) is 2. The molecule has 1 amide bonds. The first-order valence-corrected chi connectivity index (χ1v) is 8.54. The fraction of sp³-hybridized carbons (Fsp3) is 0.105. The van der Waals surface area contributed by atoms with E-state index in [4.69, 9.17) is 0 Å². The van der Waals surface area contributed by atoms with Crippen LogP contribution in [-0.2, 0) is 0 Å². The molecule has 1 heterocycles. The van der Waals surface area contributed by atoms with Crippen molar-refractivity contribution in [3.63, 3.8) is 0 Å². The first kappa shape index (κ1) is 17.1. The molecule has 0 spiro atoms. The van der Waals surface area contributed by atoms with Gasteiger partial charge in [-0.3, -0.25) is 9.89 Å². The van der Waals surface area contributed by atoms with E-state index in [-0.39, 0.29) is 5.91 Å². The summed E-state index contributed by atoms with van der Waals surface area (Å²) in [4.78, 5) is 12.2. The molecule has 0 aliphatic rings. The maximum Gasteiger partial charge on any atom is 0.289 e. The van der Waals surface area contributed by atoms with Gasteiger partial charge in [0.05, 0.1) is 11.9 Å². The molecule has 0 fully saturated rings. The second kappa shape index (κ2) is 7.44. The van der Waals surface area contributed by atoms with Gasteiger partial charge in [0.25, 0.3) is 5.91 Å². The second-order valence-electron chi connectivity index (χ2n) is 5.72. The summed E-state index contributed by atoms with van der Waals surface area (Å²) in [5.41, 5.74) is 7.84. The van der Waals surface area contributed by atoms with Gasteiger partial charge in [0, 0.05) is 10.0 Å². The van der Waals surface area contributed by atoms with E-state index in [9.17, 15) is 4.79 Å². The van der Waals surface area contributed by atoms with Gasteiger partial charge in [0.2, 0.25) is 0 Å². The summed E-state index contributed by atoms with van der Waals surface area (Å²) < 4.78 is 0.953. The molecule has 25 heavy (non-hydrogen) atoms. The number of benzene rings is 2. The molecule has 0 aliphatic carbocycles. The summed E-state index contributed by atoms with van der Waals surface area (Å²) in [5, 5.41) is 10.9. The van der Waals surface area contributed by atoms with Crippen molar-refractivity contribution in [1.29, 1.82) is 0 Å². The van der Waals surface area contributed by atoms with Gasteiger partial charge in [0.15, 0.2) is 0 Å². The van der Waals surface area contributed by atoms with E-state index in [1.165, 1.54) is 11.1 Å². The first-order valence-electron chi connectivity index (χ1n) is 7.75. The number of nitrogens with one attached hydrogen (secondary N) is 2. The molecule has 5 nitrogen and oxygen atoms in total. The number of aromatic amines is 1. The lowest BCUT2D eigenvalue weighted by molar-refractivity contribution is 0.0950. The standard InChI is InChI=1S/C19H17BrN4O/c1-12-6-7-15(8-13(12)2)17-10-18(23-22-17)19(25)24-21-11-14-4-3-5-16(20)9-14/h3-11H,1-2H3,(H,22,23)(H,24,25). The Labute approximate surface area is 154 Å². The summed E-state index contributed by atoms with van der Waals surface area (Å²) in [5.74, 6) is -0.339. The van der Waals surface area contributed by atoms with Crippen LogP contribution in [0.25, 0.3) is 11.3 Å². The normalized spacial score (nSPS) is 11.0. The van der Waals surface area contributed by atoms with Crippen LogP contribution in [0.3, 0.4) is 0 Å². The smallest absolute Gasteiger partial charge is 0.272 e. The van der Waals surface area contributed by atoms with E-state index in [1.54, 1.807) is 12.3 Å². The molecule has 0 unspecified atom stereocenters. The second-order valence-corrected chi connectivity index (χ2v) is 6.64. The predicted molar refractivity (Wildman–Crippen MR) is 103 cm³/mol. The number of carbonyl (C=O) groups excluding carboxylic acids is 1. The van der Waals surface area contributed by atoms with Crippen LogP contribution < -0.4 is 5.43 Å². The molecule has 2 aromatic carbocycles. The third-order valence-electron chi connectivity index (χ3n) is 3.85. The number of rotatable bonds is 4. The van der Waals surface area contributed by atoms with Crippen molar-refractivity contribution in [2.75, 3.05) is 0 Å². The number of H-pyrrole nitrogens is 1. The van der Waals surface area contributed by atoms with Gasteiger partial charge in [-0.25, -0.2) is 5.43 Å². The van der Waals surface area contributed by atoms with Gasteiger partial charge in [-0.15, -0.1) is 0 Å². The lowest BCUT2D eigenvalue weighted by atomic mass is 10.0. The number of hydrazone groups is 1. The highest BCUT2D eigenvalue weighted by Gasteiger charge is 2.10. The topological polar surface area (TPSA) is 70.1 Å². The van der Waals surface area contributed by atoms with Crippen LogP contribution in [0.4, 0.5) is 0 Å². The Kier molecular flexibility index (Phi) is 5.09. The number of carbonyl (C=O) groups is 1. The minimum Gasteiger partial charge on any atom is -0.272 e. The van der Waals surface area contributed by atoms with Crippen molar-refractivity contribution in [2.45, 2.75) is 13.8 Å². The van der Waals surface area contributed by atoms with E-state index < -0.39 is 0 Å². The molecule has 0 radical (unpaired) electrons. The van der Waals surface area contributed by atoms with E-state index in [1.807, 2.05) is 36.4 Å². The lowest BCUT2D eigenvalue weighted by Crippen LogP contribution is -2.17. The van der Waals surface area contributed by atoms with Crippen LogP contribution in [0.15, 0.2) is 58.1 Å². The number of halogens is 1. The van der Waals surface area contributed by atoms with Crippen molar-refractivity contribution in [3.05, 3.63) is 75.4 Å². The number of hydrogen-bond acceptors (Lipinski definition) is 3. The van der Waals surface area contributed by atoms with Crippen molar-refractivity contribution in [2.24, 2.45) is 5.10 Å². The Morgan fingerprint density at radius 1 is 1.16 bits per heavy atom. The van der Waals surface area contributed by atoms with Gasteiger partial charge in [-0.1, -0.05) is 40.2 Å². The molecule has 0 atom stereocenters. The molecule has 6 heteroatoms. The van der Waals surface area contributed by atoms with E-state index >= 15 is 0 Å². The molecule has 126 valence electrons. The Hall–Kier alpha value is -2.73. The third-order valence-corrected chi connectivity index (χ3v) is 4.35. The van der Waals surface area contributed by atoms with Gasteiger partial charge in [-0.2, -0.15) is 10.2 Å². The highest BCUT2D eigenvalue weighted by atomic mass is 79.9. The summed E-state index contributed by atoms with van der Waals surface area (Å²) >= 11 is 3.39. The van der Waals surface area contributed by atoms with Crippen LogP contribution in [0.1, 0.15) is 27.2 Å². The molecule has 0 aliphatic heterocycles. The van der Waals surface area contributed by atoms with Crippen LogP contribution >= 0.6 is 15.9 Å². The molecular formula is C19H17BrN4O. The van der Waals surface area contributed by atoms with Gasteiger partial charge in [-0.05, 0) is 54.8 Å². The predicted octanol–water partition coefficient (Wildman–Crippen LogP) is 4.22. The SMILES string of the molecule is Cc1ccc(-c2cc(C(=O)NN=Cc3cccc(Br)c3)[nH]n2)cc1C. The highest BCUT2D eigenvalue weighted by molar-refractivity contribution is 9.10. The number of aryl methyl sites for hydroxylation is 2. The van der Waals surface area contributed by atoms with Crippen molar-refractivity contribution >= 4 is 28.1 Å². The van der Waals surface area contributed by atoms with Crippen molar-refractivity contribution in [3.8, 4) is 11.3 Å². The van der Waals surface area contributed by atoms with E-state index in [0.717, 1.165) is 21.3 Å². The molecule has 3 rings (SSSR count). The van der Waals surface area contributed by atoms with E-state index in [0.29, 0.717) is 5.69 Å². The fourth-order valence-corrected chi connectivity index (χ4v) is 2.72. The van der Waals surface area contributed by atoms with Crippen LogP contribution in [-0.4, -0.2) is 22.3 Å². The number of nitrogens with zero attached hydrogens (tertiary/aromatic N) is 2. The molecule has 3 aromatic rings. The summed E-state index contributed by atoms with van der Waals surface area (Å²) in [7, 11) is 0. The summed E-state index contributed by atoms with van der Waals surface area (Å²) in [6.07, 6.45) is 1.59. The average Bonchev–Trinajstić information content (AvgIpc) is 3.07. The van der Waals surface area contributed by atoms with Gasteiger partial charge < -0.3 is 0 Å². The zero-order valence-electron chi connectivity index (χ0n) is 13.9. The largest absolute Gasteiger partial charge is 0.289 e. The summed E-state index contributed by atoms with van der Waals surface area (Å²) in [6.45, 7) is 4.11. The Morgan fingerprint density at radius 2 is 2.00 bits per heavy atom. The van der Waals surface area contributed by atoms with Gasteiger partial charge in [0.1, 0.15) is 5.69 Å². The quantitative estimate of drug-likeness (QED) is 0.511. The molecule has 0 bridgehead atoms. The fourth-order valence-electron chi connectivity index (χ4n) is 2.30. The maximum absolute atomic E-state index is 12.2. The average molecular weight is 397 g/mol. The lowest BCUT2D eigenvalue weighted by Gasteiger charge is -2.01. The molecule has 0 saturated carbocycles. The zero-order valence-corrected chi connectivity index (χ0v) is 15.5. The van der Waals surface area contributed by atoms with Gasteiger partial charge >= 0.3 is 0 Å². The third kappa shape index (κ3) is 4.22. The Bertz CT molecular complexity index is 946. The number of aromatic nitrogens is 2. The monoisotopic (exact) mass is 396 g/mol. The van der Waals surface area contributed by atoms with Crippen LogP contribution in [0.5, 0.6) is 0 Å². The van der Waals surface area contributed by atoms with Crippen LogP contribution in [0.2, 0.25) is 0 Å². The number of amides is 1. The Balaban J connectivity index is 1.69. The minimum atomic E-state index is -0.339. The maximum atomic E-state index is 12.2. The zero-order chi connectivity index (χ0) is 17.8. The molecule has 1 aromatic heterocycles. The first-order chi connectivity index (χ1) is 12.0. The van der Waals surface area contributed by atoms with Crippen molar-refractivity contribution < 1.29 is 4.79 Å². The molecular weight excluding hydrogens is 380 g/mol. The minimum absolute atomic E-state index is 0.339. The van der Waals surface area contributed by atoms with Crippen LogP contribution in [0, 0.1) is 13.8 Å². The van der Waals surface area contributed by atoms with E-state index in [2.05, 4.69) is 56.6 Å². The molecule has 2 N–H and O–H groups in total. The highest BCUT2D eigenvalue weighted by Crippen LogP contribution is 2.20.